The summed E-state index contributed by atoms with van der Waals surface area (Å²) < 4.78 is 26.0. The first-order chi connectivity index (χ1) is 9.13. The highest BCUT2D eigenvalue weighted by Crippen LogP contribution is 2.20. The third-order valence-electron chi connectivity index (χ3n) is 3.65. The molecular formula is C14H18F2N2O. The number of oxime groups is 1. The fourth-order valence-electron chi connectivity index (χ4n) is 2.52. The summed E-state index contributed by atoms with van der Waals surface area (Å²) in [5, 5.41) is 12.3. The maximum atomic E-state index is 13.1. The summed E-state index contributed by atoms with van der Waals surface area (Å²) in [7, 11) is 0. The number of likely N-dealkylation sites (tertiary alicyclic amines) is 1. The zero-order chi connectivity index (χ0) is 13.8. The van der Waals surface area contributed by atoms with Crippen molar-refractivity contribution in [3.05, 3.63) is 35.4 Å². The molecule has 0 radical (unpaired) electrons. The largest absolute Gasteiger partial charge is 0.411 e. The van der Waals surface area contributed by atoms with Crippen molar-refractivity contribution in [2.24, 2.45) is 11.1 Å². The number of nitrogens with zero attached hydrogens (tertiary/aromatic N) is 2. The van der Waals surface area contributed by atoms with Gasteiger partial charge in [-0.2, -0.15) is 0 Å². The van der Waals surface area contributed by atoms with E-state index in [4.69, 9.17) is 5.21 Å². The topological polar surface area (TPSA) is 35.8 Å². The van der Waals surface area contributed by atoms with Crippen LogP contribution >= 0.6 is 0 Å². The van der Waals surface area contributed by atoms with E-state index in [0.29, 0.717) is 6.54 Å². The second kappa shape index (κ2) is 6.10. The van der Waals surface area contributed by atoms with Crippen molar-refractivity contribution < 1.29 is 14.0 Å². The molecule has 0 spiro atoms. The standard InChI is InChI=1S/C14H18F2N2O/c1-2-11-9-18(6-5-14(11)17-19)8-10-3-4-12(15)13(16)7-10/h3-4,7,11,19H,2,5-6,8-9H2,1H3/b17-14+. The summed E-state index contributed by atoms with van der Waals surface area (Å²) >= 11 is 0. The monoisotopic (exact) mass is 268 g/mol. The van der Waals surface area contributed by atoms with E-state index in [-0.39, 0.29) is 5.92 Å². The van der Waals surface area contributed by atoms with Crippen molar-refractivity contribution in [1.29, 1.82) is 0 Å². The summed E-state index contributed by atoms with van der Waals surface area (Å²) in [5.74, 6) is -1.38. The van der Waals surface area contributed by atoms with E-state index in [1.807, 2.05) is 0 Å². The smallest absolute Gasteiger partial charge is 0.159 e. The first-order valence-corrected chi connectivity index (χ1v) is 6.51. The zero-order valence-corrected chi connectivity index (χ0v) is 10.9. The first kappa shape index (κ1) is 13.9. The summed E-state index contributed by atoms with van der Waals surface area (Å²) in [6.07, 6.45) is 1.63. The van der Waals surface area contributed by atoms with Gasteiger partial charge in [-0.15, -0.1) is 0 Å². The van der Waals surface area contributed by atoms with Crippen molar-refractivity contribution in [2.45, 2.75) is 26.3 Å². The van der Waals surface area contributed by atoms with E-state index in [1.54, 1.807) is 6.07 Å². The third kappa shape index (κ3) is 3.29. The summed E-state index contributed by atoms with van der Waals surface area (Å²) in [4.78, 5) is 2.18. The molecule has 1 heterocycles. The van der Waals surface area contributed by atoms with Crippen LogP contribution in [0.5, 0.6) is 0 Å². The average molecular weight is 268 g/mol. The van der Waals surface area contributed by atoms with Crippen LogP contribution in [-0.4, -0.2) is 28.9 Å². The Balaban J connectivity index is 2.02. The number of hydrogen-bond acceptors (Lipinski definition) is 3. The Morgan fingerprint density at radius 3 is 2.79 bits per heavy atom. The number of piperidine rings is 1. The van der Waals surface area contributed by atoms with Crippen LogP contribution in [0.15, 0.2) is 23.4 Å². The van der Waals surface area contributed by atoms with Gasteiger partial charge in [0.25, 0.3) is 0 Å². The molecule has 1 fully saturated rings. The number of hydrogen-bond donors (Lipinski definition) is 1. The van der Waals surface area contributed by atoms with E-state index in [0.717, 1.165) is 43.3 Å². The second-order valence-corrected chi connectivity index (χ2v) is 4.93. The molecule has 104 valence electrons. The van der Waals surface area contributed by atoms with Crippen LogP contribution in [0.4, 0.5) is 8.78 Å². The highest BCUT2D eigenvalue weighted by molar-refractivity contribution is 5.87. The molecule has 0 aromatic heterocycles. The molecule has 0 saturated carbocycles. The number of rotatable bonds is 3. The van der Waals surface area contributed by atoms with Crippen molar-refractivity contribution >= 4 is 5.71 Å². The molecule has 3 nitrogen and oxygen atoms in total. The molecule has 0 aliphatic carbocycles. The predicted molar refractivity (Wildman–Crippen MR) is 69.3 cm³/mol. The lowest BCUT2D eigenvalue weighted by Crippen LogP contribution is -2.40. The molecule has 1 N–H and O–H groups in total. The normalized spacial score (nSPS) is 22.9. The molecule has 1 aromatic carbocycles. The van der Waals surface area contributed by atoms with Crippen molar-refractivity contribution in [3.63, 3.8) is 0 Å². The van der Waals surface area contributed by atoms with Crippen LogP contribution < -0.4 is 0 Å². The Hall–Kier alpha value is -1.49. The van der Waals surface area contributed by atoms with Gasteiger partial charge in [-0.3, -0.25) is 4.90 Å². The minimum Gasteiger partial charge on any atom is -0.411 e. The summed E-state index contributed by atoms with van der Waals surface area (Å²) in [5.41, 5.74) is 1.60. The van der Waals surface area contributed by atoms with Crippen LogP contribution in [0.1, 0.15) is 25.3 Å². The van der Waals surface area contributed by atoms with Gasteiger partial charge >= 0.3 is 0 Å². The molecule has 0 amide bonds. The fraction of sp³-hybridized carbons (Fsp3) is 0.500. The van der Waals surface area contributed by atoms with Crippen molar-refractivity contribution in [1.82, 2.24) is 4.90 Å². The highest BCUT2D eigenvalue weighted by atomic mass is 19.2. The SMILES string of the molecule is CCC1CN(Cc2ccc(F)c(F)c2)CC/C1=N\O. The molecule has 1 unspecified atom stereocenters. The Morgan fingerprint density at radius 2 is 2.16 bits per heavy atom. The van der Waals surface area contributed by atoms with Crippen LogP contribution in [0.25, 0.3) is 0 Å². The van der Waals surface area contributed by atoms with Gasteiger partial charge in [0.05, 0.1) is 5.71 Å². The van der Waals surface area contributed by atoms with Gasteiger partial charge in [-0.1, -0.05) is 18.1 Å². The quantitative estimate of drug-likeness (QED) is 0.675. The van der Waals surface area contributed by atoms with Gasteiger partial charge in [0.15, 0.2) is 11.6 Å². The molecule has 19 heavy (non-hydrogen) atoms. The fourth-order valence-corrected chi connectivity index (χ4v) is 2.52. The predicted octanol–water partition coefficient (Wildman–Crippen LogP) is 3.03. The lowest BCUT2D eigenvalue weighted by molar-refractivity contribution is 0.220. The maximum absolute atomic E-state index is 13.1. The Bertz CT molecular complexity index is 477. The van der Waals surface area contributed by atoms with Gasteiger partial charge in [-0.05, 0) is 24.1 Å². The lowest BCUT2D eigenvalue weighted by Gasteiger charge is -2.32. The van der Waals surface area contributed by atoms with Crippen LogP contribution in [0, 0.1) is 17.6 Å². The Kier molecular flexibility index (Phi) is 4.47. The van der Waals surface area contributed by atoms with Crippen LogP contribution in [-0.2, 0) is 6.54 Å². The molecule has 1 aromatic rings. The molecule has 1 saturated heterocycles. The van der Waals surface area contributed by atoms with Gasteiger partial charge in [0.2, 0.25) is 0 Å². The highest BCUT2D eigenvalue weighted by Gasteiger charge is 2.24. The molecule has 5 heteroatoms. The Labute approximate surface area is 111 Å². The van der Waals surface area contributed by atoms with Gasteiger partial charge in [0, 0.05) is 32.0 Å². The molecular weight excluding hydrogens is 250 g/mol. The van der Waals surface area contributed by atoms with Crippen molar-refractivity contribution in [3.8, 4) is 0 Å². The van der Waals surface area contributed by atoms with E-state index in [2.05, 4.69) is 17.0 Å². The molecule has 2 rings (SSSR count). The maximum Gasteiger partial charge on any atom is 0.159 e. The zero-order valence-electron chi connectivity index (χ0n) is 10.9. The van der Waals surface area contributed by atoms with Gasteiger partial charge in [-0.25, -0.2) is 8.78 Å². The van der Waals surface area contributed by atoms with E-state index >= 15 is 0 Å². The molecule has 1 aliphatic heterocycles. The molecule has 1 aliphatic rings. The summed E-state index contributed by atoms with van der Waals surface area (Å²) in [6, 6.07) is 4.01. The van der Waals surface area contributed by atoms with Crippen LogP contribution in [0.3, 0.4) is 0 Å². The number of halogens is 2. The lowest BCUT2D eigenvalue weighted by atomic mass is 9.93. The van der Waals surface area contributed by atoms with Gasteiger partial charge < -0.3 is 5.21 Å². The minimum absolute atomic E-state index is 0.240. The molecule has 0 bridgehead atoms. The minimum atomic E-state index is -0.816. The third-order valence-corrected chi connectivity index (χ3v) is 3.65. The number of benzene rings is 1. The molecule has 1 atom stereocenters. The van der Waals surface area contributed by atoms with Crippen molar-refractivity contribution in [2.75, 3.05) is 13.1 Å². The van der Waals surface area contributed by atoms with Gasteiger partial charge in [0.1, 0.15) is 0 Å². The Morgan fingerprint density at radius 1 is 1.37 bits per heavy atom. The van der Waals surface area contributed by atoms with E-state index in [9.17, 15) is 8.78 Å². The second-order valence-electron chi connectivity index (χ2n) is 4.93. The van der Waals surface area contributed by atoms with E-state index < -0.39 is 11.6 Å². The average Bonchev–Trinajstić information content (AvgIpc) is 2.43. The summed E-state index contributed by atoms with van der Waals surface area (Å²) in [6.45, 7) is 4.20. The van der Waals surface area contributed by atoms with E-state index in [1.165, 1.54) is 6.07 Å². The van der Waals surface area contributed by atoms with Crippen LogP contribution in [0.2, 0.25) is 0 Å². The first-order valence-electron chi connectivity index (χ1n) is 6.51.